The fraction of sp³-hybridized carbons (Fsp3) is 0.286. The third-order valence-corrected chi connectivity index (χ3v) is 7.27. The van der Waals surface area contributed by atoms with Crippen molar-refractivity contribution < 1.29 is 17.6 Å². The standard InChI is InChI=1S/C21H20BrNO5S/c1-14(22)20-19(17-7-2-3-8-18(17)21(24)28-20)15-5-4-6-16(13-15)29(25,26)23-9-11-27-12-10-23/h2-8,13-14H,9-12H2,1H3. The van der Waals surface area contributed by atoms with Crippen molar-refractivity contribution in [2.45, 2.75) is 16.6 Å². The number of hydrogen-bond acceptors (Lipinski definition) is 5. The Labute approximate surface area is 177 Å². The summed E-state index contributed by atoms with van der Waals surface area (Å²) in [7, 11) is -3.64. The van der Waals surface area contributed by atoms with E-state index in [1.54, 1.807) is 30.3 Å². The number of sulfonamides is 1. The molecular weight excluding hydrogens is 458 g/mol. The molecule has 6 nitrogen and oxygen atoms in total. The lowest BCUT2D eigenvalue weighted by Gasteiger charge is -2.26. The molecule has 0 aliphatic carbocycles. The summed E-state index contributed by atoms with van der Waals surface area (Å²) in [5.74, 6) is 0.467. The van der Waals surface area contributed by atoms with Crippen molar-refractivity contribution in [3.8, 4) is 11.1 Å². The average molecular weight is 478 g/mol. The van der Waals surface area contributed by atoms with Gasteiger partial charge in [-0.05, 0) is 30.7 Å². The van der Waals surface area contributed by atoms with E-state index in [1.807, 2.05) is 25.1 Å². The molecule has 2 heterocycles. The van der Waals surface area contributed by atoms with Gasteiger partial charge in [0.1, 0.15) is 5.76 Å². The first kappa shape index (κ1) is 20.3. The Kier molecular flexibility index (Phi) is 5.61. The molecule has 1 saturated heterocycles. The summed E-state index contributed by atoms with van der Waals surface area (Å²) in [6.45, 7) is 3.31. The molecule has 1 aromatic heterocycles. The minimum atomic E-state index is -3.64. The summed E-state index contributed by atoms with van der Waals surface area (Å²) in [5, 5.41) is 1.19. The van der Waals surface area contributed by atoms with Crippen LogP contribution in [0.15, 0.2) is 62.6 Å². The van der Waals surface area contributed by atoms with E-state index in [9.17, 15) is 13.2 Å². The molecule has 0 saturated carbocycles. The monoisotopic (exact) mass is 477 g/mol. The van der Waals surface area contributed by atoms with Crippen LogP contribution in [0.1, 0.15) is 17.5 Å². The van der Waals surface area contributed by atoms with Crippen molar-refractivity contribution in [2.75, 3.05) is 26.3 Å². The molecule has 1 fully saturated rings. The minimum absolute atomic E-state index is 0.209. The molecule has 1 aliphatic heterocycles. The molecule has 8 heteroatoms. The van der Waals surface area contributed by atoms with E-state index in [4.69, 9.17) is 9.15 Å². The smallest absolute Gasteiger partial charge is 0.343 e. The summed E-state index contributed by atoms with van der Waals surface area (Å²) in [4.78, 5) is 12.4. The van der Waals surface area contributed by atoms with E-state index >= 15 is 0 Å². The zero-order valence-electron chi connectivity index (χ0n) is 15.8. The van der Waals surface area contributed by atoms with Gasteiger partial charge in [-0.2, -0.15) is 4.31 Å². The largest absolute Gasteiger partial charge is 0.426 e. The van der Waals surface area contributed by atoms with Crippen molar-refractivity contribution in [1.82, 2.24) is 4.31 Å². The SMILES string of the molecule is CC(Br)c1oc(=O)c2ccccc2c1-c1cccc(S(=O)(=O)N2CCOCC2)c1. The Morgan fingerprint density at radius 3 is 2.41 bits per heavy atom. The third-order valence-electron chi connectivity index (χ3n) is 4.96. The lowest BCUT2D eigenvalue weighted by atomic mass is 9.97. The van der Waals surface area contributed by atoms with Crippen molar-refractivity contribution in [3.05, 3.63) is 64.7 Å². The Hall–Kier alpha value is -2.00. The highest BCUT2D eigenvalue weighted by molar-refractivity contribution is 9.09. The highest BCUT2D eigenvalue weighted by atomic mass is 79.9. The van der Waals surface area contributed by atoms with E-state index in [0.717, 1.165) is 5.39 Å². The second-order valence-corrected chi connectivity index (χ2v) is 10.1. The van der Waals surface area contributed by atoms with E-state index in [0.29, 0.717) is 48.6 Å². The molecule has 1 unspecified atom stereocenters. The van der Waals surface area contributed by atoms with Gasteiger partial charge in [0.2, 0.25) is 10.0 Å². The van der Waals surface area contributed by atoms with Crippen LogP contribution < -0.4 is 5.63 Å². The van der Waals surface area contributed by atoms with Crippen molar-refractivity contribution in [3.63, 3.8) is 0 Å². The molecule has 3 aromatic rings. The number of morpholine rings is 1. The molecule has 0 N–H and O–H groups in total. The molecule has 152 valence electrons. The van der Waals surface area contributed by atoms with Crippen LogP contribution in [-0.4, -0.2) is 39.0 Å². The number of ether oxygens (including phenoxy) is 1. The van der Waals surface area contributed by atoms with Gasteiger partial charge < -0.3 is 9.15 Å². The van der Waals surface area contributed by atoms with Gasteiger partial charge in [-0.25, -0.2) is 13.2 Å². The van der Waals surface area contributed by atoms with Gasteiger partial charge in [-0.1, -0.05) is 46.3 Å². The summed E-state index contributed by atoms with van der Waals surface area (Å²) in [6.07, 6.45) is 0. The lowest BCUT2D eigenvalue weighted by molar-refractivity contribution is 0.0730. The van der Waals surface area contributed by atoms with Gasteiger partial charge in [0.05, 0.1) is 28.3 Å². The second kappa shape index (κ2) is 8.02. The van der Waals surface area contributed by atoms with Gasteiger partial charge in [0, 0.05) is 24.0 Å². The molecule has 4 rings (SSSR count). The van der Waals surface area contributed by atoms with Gasteiger partial charge in [0.15, 0.2) is 0 Å². The molecule has 0 amide bonds. The highest BCUT2D eigenvalue weighted by Crippen LogP contribution is 2.37. The van der Waals surface area contributed by atoms with Crippen LogP contribution >= 0.6 is 15.9 Å². The van der Waals surface area contributed by atoms with E-state index in [2.05, 4.69) is 15.9 Å². The predicted molar refractivity (Wildman–Crippen MR) is 115 cm³/mol. The number of fused-ring (bicyclic) bond motifs is 1. The molecule has 0 spiro atoms. The normalized spacial score (nSPS) is 16.8. The molecule has 0 bridgehead atoms. The number of hydrogen-bond donors (Lipinski definition) is 0. The van der Waals surface area contributed by atoms with E-state index in [-0.39, 0.29) is 9.72 Å². The third kappa shape index (κ3) is 3.77. The number of nitrogens with zero attached hydrogens (tertiary/aromatic N) is 1. The van der Waals surface area contributed by atoms with Gasteiger partial charge in [-0.15, -0.1) is 0 Å². The van der Waals surface area contributed by atoms with Crippen LogP contribution in [0.3, 0.4) is 0 Å². The van der Waals surface area contributed by atoms with Gasteiger partial charge in [-0.3, -0.25) is 0 Å². The Morgan fingerprint density at radius 2 is 1.72 bits per heavy atom. The van der Waals surface area contributed by atoms with E-state index < -0.39 is 15.6 Å². The number of rotatable bonds is 4. The number of benzene rings is 2. The number of halogens is 1. The lowest BCUT2D eigenvalue weighted by Crippen LogP contribution is -2.40. The first-order chi connectivity index (χ1) is 13.9. The predicted octanol–water partition coefficient (Wildman–Crippen LogP) is 3.94. The van der Waals surface area contributed by atoms with Crippen molar-refractivity contribution >= 4 is 36.7 Å². The van der Waals surface area contributed by atoms with Gasteiger partial charge >= 0.3 is 5.63 Å². The maximum atomic E-state index is 13.1. The summed E-state index contributed by atoms with van der Waals surface area (Å²) < 4.78 is 38.5. The van der Waals surface area contributed by atoms with Crippen molar-refractivity contribution in [2.24, 2.45) is 0 Å². The molecule has 0 radical (unpaired) electrons. The first-order valence-corrected chi connectivity index (χ1v) is 11.6. The molecule has 1 atom stereocenters. The summed E-state index contributed by atoms with van der Waals surface area (Å²) in [5.41, 5.74) is 0.979. The average Bonchev–Trinajstić information content (AvgIpc) is 2.74. The van der Waals surface area contributed by atoms with E-state index in [1.165, 1.54) is 4.31 Å². The highest BCUT2D eigenvalue weighted by Gasteiger charge is 2.27. The summed E-state index contributed by atoms with van der Waals surface area (Å²) in [6, 6.07) is 14.0. The Balaban J connectivity index is 1.92. The second-order valence-electron chi connectivity index (χ2n) is 6.83. The van der Waals surface area contributed by atoms with Crippen LogP contribution in [0.5, 0.6) is 0 Å². The molecule has 2 aromatic carbocycles. The topological polar surface area (TPSA) is 76.8 Å². The van der Waals surface area contributed by atoms with Crippen molar-refractivity contribution in [1.29, 1.82) is 0 Å². The number of alkyl halides is 1. The maximum absolute atomic E-state index is 13.1. The summed E-state index contributed by atoms with van der Waals surface area (Å²) >= 11 is 3.50. The zero-order valence-corrected chi connectivity index (χ0v) is 18.2. The Bertz CT molecular complexity index is 1210. The fourth-order valence-electron chi connectivity index (χ4n) is 3.54. The zero-order chi connectivity index (χ0) is 20.6. The fourth-order valence-corrected chi connectivity index (χ4v) is 5.32. The van der Waals surface area contributed by atoms with Crippen LogP contribution in [0.2, 0.25) is 0 Å². The molecule has 29 heavy (non-hydrogen) atoms. The van der Waals surface area contributed by atoms with Crippen LogP contribution in [0, 0.1) is 0 Å². The maximum Gasteiger partial charge on any atom is 0.343 e. The minimum Gasteiger partial charge on any atom is -0.426 e. The van der Waals surface area contributed by atoms with Gasteiger partial charge in [0.25, 0.3) is 0 Å². The quantitative estimate of drug-likeness (QED) is 0.531. The van der Waals surface area contributed by atoms with Crippen LogP contribution in [-0.2, 0) is 14.8 Å². The molecular formula is C21H20BrNO5S. The Morgan fingerprint density at radius 1 is 1.03 bits per heavy atom. The molecule has 1 aliphatic rings. The van der Waals surface area contributed by atoms with Crippen LogP contribution in [0.4, 0.5) is 0 Å². The van der Waals surface area contributed by atoms with Crippen LogP contribution in [0.25, 0.3) is 21.9 Å². The first-order valence-electron chi connectivity index (χ1n) is 9.28.